The number of ether oxygens (including phenoxy) is 2. The van der Waals surface area contributed by atoms with Crippen LogP contribution < -0.4 is 4.90 Å². The van der Waals surface area contributed by atoms with E-state index in [0.29, 0.717) is 24.1 Å². The summed E-state index contributed by atoms with van der Waals surface area (Å²) in [5.41, 5.74) is 0. The maximum atomic E-state index is 11.5. The largest absolute Gasteiger partial charge is 0.467 e. The van der Waals surface area contributed by atoms with Crippen molar-refractivity contribution in [3.63, 3.8) is 0 Å². The maximum absolute atomic E-state index is 11.5. The Morgan fingerprint density at radius 2 is 2.17 bits per heavy atom. The van der Waals surface area contributed by atoms with Gasteiger partial charge in [0.05, 0.1) is 37.2 Å². The van der Waals surface area contributed by atoms with Crippen molar-refractivity contribution < 1.29 is 14.3 Å². The molecule has 0 radical (unpaired) electrons. The molecule has 2 heterocycles. The molecular formula is C11H14ClN3O3. The number of rotatable bonds is 2. The van der Waals surface area contributed by atoms with E-state index in [1.54, 1.807) is 0 Å². The minimum Gasteiger partial charge on any atom is -0.467 e. The molecule has 0 bridgehead atoms. The van der Waals surface area contributed by atoms with Gasteiger partial charge in [-0.2, -0.15) is 0 Å². The zero-order chi connectivity index (χ0) is 13.1. The fraction of sp³-hybridized carbons (Fsp3) is 0.545. The number of nitrogens with zero attached hydrogens (tertiary/aromatic N) is 3. The number of carbonyl (C=O) groups excluding carboxylic acids is 1. The Morgan fingerprint density at radius 1 is 1.50 bits per heavy atom. The van der Waals surface area contributed by atoms with Crippen molar-refractivity contribution in [2.24, 2.45) is 0 Å². The van der Waals surface area contributed by atoms with Gasteiger partial charge >= 0.3 is 5.97 Å². The van der Waals surface area contributed by atoms with Gasteiger partial charge < -0.3 is 14.4 Å². The first-order valence-corrected chi connectivity index (χ1v) is 5.93. The van der Waals surface area contributed by atoms with Crippen LogP contribution in [0.1, 0.15) is 6.92 Å². The Hall–Kier alpha value is -1.40. The summed E-state index contributed by atoms with van der Waals surface area (Å²) in [4.78, 5) is 21.7. The van der Waals surface area contributed by atoms with Crippen LogP contribution in [0.25, 0.3) is 0 Å². The third-order valence-corrected chi connectivity index (χ3v) is 2.81. The number of methoxy groups -OCH3 is 1. The summed E-state index contributed by atoms with van der Waals surface area (Å²) in [6.07, 6.45) is 2.34. The molecule has 1 fully saturated rings. The molecule has 2 atom stereocenters. The first-order chi connectivity index (χ1) is 8.60. The van der Waals surface area contributed by atoms with Crippen molar-refractivity contribution in [1.82, 2.24) is 9.97 Å². The molecule has 1 aromatic rings. The fourth-order valence-electron chi connectivity index (χ4n) is 1.85. The minimum atomic E-state index is -0.613. The Kier molecular flexibility index (Phi) is 3.98. The highest BCUT2D eigenvalue weighted by molar-refractivity contribution is 6.30. The number of carbonyl (C=O) groups is 1. The van der Waals surface area contributed by atoms with Crippen LogP contribution in [0.4, 0.5) is 5.95 Å². The van der Waals surface area contributed by atoms with Crippen molar-refractivity contribution in [3.05, 3.63) is 17.4 Å². The summed E-state index contributed by atoms with van der Waals surface area (Å²) >= 11 is 5.74. The zero-order valence-electron chi connectivity index (χ0n) is 10.2. The predicted octanol–water partition coefficient (Wildman–Crippen LogP) is 0.897. The molecule has 18 heavy (non-hydrogen) atoms. The van der Waals surface area contributed by atoms with Gasteiger partial charge in [0.2, 0.25) is 5.95 Å². The van der Waals surface area contributed by atoms with E-state index < -0.39 is 6.10 Å². The molecule has 6 nitrogen and oxygen atoms in total. The second-order valence-electron chi connectivity index (χ2n) is 4.06. The van der Waals surface area contributed by atoms with E-state index in [0.717, 1.165) is 0 Å². The minimum absolute atomic E-state index is 0.0953. The fourth-order valence-corrected chi connectivity index (χ4v) is 1.94. The van der Waals surface area contributed by atoms with Crippen LogP contribution in [-0.2, 0) is 14.3 Å². The zero-order valence-corrected chi connectivity index (χ0v) is 10.9. The van der Waals surface area contributed by atoms with E-state index in [9.17, 15) is 4.79 Å². The summed E-state index contributed by atoms with van der Waals surface area (Å²) in [6, 6.07) is 0. The van der Waals surface area contributed by atoms with Gasteiger partial charge in [-0.25, -0.2) is 14.8 Å². The van der Waals surface area contributed by atoms with Crippen molar-refractivity contribution in [3.8, 4) is 0 Å². The third-order valence-electron chi connectivity index (χ3n) is 2.61. The average molecular weight is 272 g/mol. The Balaban J connectivity index is 2.13. The van der Waals surface area contributed by atoms with Crippen LogP contribution >= 0.6 is 11.6 Å². The van der Waals surface area contributed by atoms with E-state index in [1.165, 1.54) is 19.5 Å². The molecule has 1 aliphatic heterocycles. The van der Waals surface area contributed by atoms with Crippen molar-refractivity contribution in [1.29, 1.82) is 0 Å². The quantitative estimate of drug-likeness (QED) is 0.745. The van der Waals surface area contributed by atoms with E-state index in [-0.39, 0.29) is 12.1 Å². The molecule has 0 saturated carbocycles. The Bertz CT molecular complexity index is 426. The van der Waals surface area contributed by atoms with Crippen LogP contribution in [0.3, 0.4) is 0 Å². The molecule has 98 valence electrons. The molecule has 1 aromatic heterocycles. The van der Waals surface area contributed by atoms with Crippen molar-refractivity contribution >= 4 is 23.5 Å². The highest BCUT2D eigenvalue weighted by Crippen LogP contribution is 2.18. The lowest BCUT2D eigenvalue weighted by molar-refractivity contribution is -0.158. The van der Waals surface area contributed by atoms with Crippen LogP contribution in [0.2, 0.25) is 5.02 Å². The first kappa shape index (κ1) is 13.0. The van der Waals surface area contributed by atoms with Gasteiger partial charge in [0.1, 0.15) is 0 Å². The number of aromatic nitrogens is 2. The van der Waals surface area contributed by atoms with Gasteiger partial charge in [-0.1, -0.05) is 11.6 Å². The van der Waals surface area contributed by atoms with Crippen LogP contribution in [0.5, 0.6) is 0 Å². The Labute approximate surface area is 110 Å². The first-order valence-electron chi connectivity index (χ1n) is 5.56. The van der Waals surface area contributed by atoms with E-state index in [4.69, 9.17) is 16.3 Å². The topological polar surface area (TPSA) is 64.5 Å². The maximum Gasteiger partial charge on any atom is 0.336 e. The summed E-state index contributed by atoms with van der Waals surface area (Å²) < 4.78 is 10.2. The van der Waals surface area contributed by atoms with Crippen molar-refractivity contribution in [2.45, 2.75) is 19.1 Å². The molecule has 0 N–H and O–H groups in total. The van der Waals surface area contributed by atoms with Gasteiger partial charge in [0, 0.05) is 6.54 Å². The lowest BCUT2D eigenvalue weighted by Crippen LogP contribution is -2.50. The van der Waals surface area contributed by atoms with Gasteiger partial charge in [-0.15, -0.1) is 0 Å². The molecule has 0 aliphatic carbocycles. The van der Waals surface area contributed by atoms with Gasteiger partial charge in [-0.05, 0) is 6.92 Å². The van der Waals surface area contributed by atoms with Gasteiger partial charge in [-0.3, -0.25) is 0 Å². The van der Waals surface area contributed by atoms with E-state index in [1.807, 2.05) is 11.8 Å². The summed E-state index contributed by atoms with van der Waals surface area (Å²) in [6.45, 7) is 2.88. The normalized spacial score (nSPS) is 23.8. The van der Waals surface area contributed by atoms with Crippen LogP contribution in [0, 0.1) is 0 Å². The number of esters is 1. The van der Waals surface area contributed by atoms with E-state index in [2.05, 4.69) is 14.7 Å². The monoisotopic (exact) mass is 271 g/mol. The smallest absolute Gasteiger partial charge is 0.336 e. The highest BCUT2D eigenvalue weighted by atomic mass is 35.5. The van der Waals surface area contributed by atoms with Crippen LogP contribution in [0.15, 0.2) is 12.4 Å². The second-order valence-corrected chi connectivity index (χ2v) is 4.50. The molecule has 0 spiro atoms. The molecule has 1 aliphatic rings. The number of hydrogen-bond acceptors (Lipinski definition) is 6. The molecule has 7 heteroatoms. The molecule has 1 saturated heterocycles. The molecule has 1 unspecified atom stereocenters. The number of morpholine rings is 1. The number of hydrogen-bond donors (Lipinski definition) is 0. The number of anilines is 1. The highest BCUT2D eigenvalue weighted by Gasteiger charge is 2.32. The lowest BCUT2D eigenvalue weighted by atomic mass is 10.2. The standard InChI is InChI=1S/C11H14ClN3O3/c1-7-5-15(6-9(18-7)10(16)17-2)11-13-3-8(12)4-14-11/h3-4,7,9H,5-6H2,1-2H3/t7-,9?/m1/s1. The number of halogens is 1. The molecule has 0 aromatic carbocycles. The summed E-state index contributed by atoms with van der Waals surface area (Å²) in [5.74, 6) is 0.143. The SMILES string of the molecule is COC(=O)C1CN(c2ncc(Cl)cn2)C[C@@H](C)O1. The summed E-state index contributed by atoms with van der Waals surface area (Å²) in [5, 5.41) is 0.476. The molecule has 0 amide bonds. The van der Waals surface area contributed by atoms with Gasteiger partial charge in [0.15, 0.2) is 6.10 Å². The average Bonchev–Trinajstić information content (AvgIpc) is 2.38. The van der Waals surface area contributed by atoms with Crippen LogP contribution in [-0.4, -0.2) is 48.3 Å². The Morgan fingerprint density at radius 3 is 2.78 bits per heavy atom. The predicted molar refractivity (Wildman–Crippen MR) is 65.6 cm³/mol. The molecular weight excluding hydrogens is 258 g/mol. The van der Waals surface area contributed by atoms with Gasteiger partial charge in [0.25, 0.3) is 0 Å². The van der Waals surface area contributed by atoms with Crippen molar-refractivity contribution in [2.75, 3.05) is 25.1 Å². The third kappa shape index (κ3) is 2.88. The lowest BCUT2D eigenvalue weighted by Gasteiger charge is -2.35. The second kappa shape index (κ2) is 5.49. The summed E-state index contributed by atoms with van der Waals surface area (Å²) in [7, 11) is 1.34. The van der Waals surface area contributed by atoms with E-state index >= 15 is 0 Å². The molecule has 2 rings (SSSR count).